The Balaban J connectivity index is 2.07. The summed E-state index contributed by atoms with van der Waals surface area (Å²) in [5.74, 6) is 1.93. The van der Waals surface area contributed by atoms with Crippen LogP contribution < -0.4 is 10.1 Å². The summed E-state index contributed by atoms with van der Waals surface area (Å²) in [4.78, 5) is 0. The van der Waals surface area contributed by atoms with Gasteiger partial charge in [0.1, 0.15) is 11.5 Å². The average molecular weight is 201 g/mol. The molecule has 1 N–H and O–H groups in total. The molecule has 1 aliphatic rings. The second-order valence-electron chi connectivity index (χ2n) is 3.47. The van der Waals surface area contributed by atoms with Gasteiger partial charge >= 0.3 is 0 Å². The van der Waals surface area contributed by atoms with Gasteiger partial charge in [0, 0.05) is 19.2 Å². The van der Waals surface area contributed by atoms with Crippen molar-refractivity contribution in [3.05, 3.63) is 53.9 Å². The Morgan fingerprint density at radius 3 is 2.73 bits per heavy atom. The minimum atomic E-state index is 0.904. The van der Waals surface area contributed by atoms with E-state index in [-0.39, 0.29) is 0 Å². The Morgan fingerprint density at radius 2 is 2.00 bits per heavy atom. The average Bonchev–Trinajstić information content (AvgIpc) is 2.31. The smallest absolute Gasteiger partial charge is 0.126 e. The fourth-order valence-corrected chi connectivity index (χ4v) is 1.57. The molecule has 0 saturated heterocycles. The maximum Gasteiger partial charge on any atom is 0.126 e. The Morgan fingerprint density at radius 1 is 1.20 bits per heavy atom. The summed E-state index contributed by atoms with van der Waals surface area (Å²) in [6, 6.07) is 9.89. The van der Waals surface area contributed by atoms with Crippen LogP contribution in [0.2, 0.25) is 0 Å². The third kappa shape index (κ3) is 2.62. The molecule has 78 valence electrons. The molecule has 1 aromatic rings. The summed E-state index contributed by atoms with van der Waals surface area (Å²) in [6.07, 6.45) is 6.24. The molecule has 1 aromatic carbocycles. The van der Waals surface area contributed by atoms with Gasteiger partial charge in [0.2, 0.25) is 0 Å². The summed E-state index contributed by atoms with van der Waals surface area (Å²) < 4.78 is 5.77. The van der Waals surface area contributed by atoms with Crippen molar-refractivity contribution in [2.75, 3.05) is 7.05 Å². The summed E-state index contributed by atoms with van der Waals surface area (Å²) >= 11 is 0. The zero-order valence-electron chi connectivity index (χ0n) is 8.86. The second-order valence-corrected chi connectivity index (χ2v) is 3.47. The van der Waals surface area contributed by atoms with Gasteiger partial charge in [0.25, 0.3) is 0 Å². The summed E-state index contributed by atoms with van der Waals surface area (Å²) in [5, 5.41) is 3.12. The summed E-state index contributed by atoms with van der Waals surface area (Å²) in [7, 11) is 1.92. The quantitative estimate of drug-likeness (QED) is 0.812. The molecule has 2 rings (SSSR count). The number of benzene rings is 1. The molecule has 1 aliphatic carbocycles. The first-order valence-electron chi connectivity index (χ1n) is 5.20. The van der Waals surface area contributed by atoms with E-state index >= 15 is 0 Å². The van der Waals surface area contributed by atoms with Gasteiger partial charge < -0.3 is 10.1 Å². The standard InChI is InChI=1S/C13H15NO/c1-14-11-6-5-9-13(10-11)15-12-7-3-2-4-8-12/h2-4,6-8,10,14H,5,9H2,1H3. The molecule has 0 saturated carbocycles. The number of allylic oxidation sites excluding steroid dienone is 3. The molecule has 0 aromatic heterocycles. The highest BCUT2D eigenvalue weighted by Gasteiger charge is 2.06. The van der Waals surface area contributed by atoms with Crippen molar-refractivity contribution in [2.45, 2.75) is 12.8 Å². The van der Waals surface area contributed by atoms with E-state index in [9.17, 15) is 0 Å². The highest BCUT2D eigenvalue weighted by Crippen LogP contribution is 2.20. The fraction of sp³-hybridized carbons (Fsp3) is 0.231. The van der Waals surface area contributed by atoms with Gasteiger partial charge in [0.15, 0.2) is 0 Å². The Hall–Kier alpha value is -1.70. The molecular weight excluding hydrogens is 186 g/mol. The van der Waals surface area contributed by atoms with Gasteiger partial charge in [-0.3, -0.25) is 0 Å². The molecule has 0 bridgehead atoms. The number of hydrogen-bond donors (Lipinski definition) is 1. The van der Waals surface area contributed by atoms with E-state index in [1.54, 1.807) is 0 Å². The van der Waals surface area contributed by atoms with Crippen LogP contribution in [0.15, 0.2) is 53.9 Å². The molecular formula is C13H15NO. The van der Waals surface area contributed by atoms with E-state index in [1.807, 2.05) is 37.4 Å². The number of ether oxygens (including phenoxy) is 1. The van der Waals surface area contributed by atoms with Crippen molar-refractivity contribution in [3.63, 3.8) is 0 Å². The van der Waals surface area contributed by atoms with Crippen molar-refractivity contribution < 1.29 is 4.74 Å². The van der Waals surface area contributed by atoms with Gasteiger partial charge in [0.05, 0.1) is 0 Å². The maximum absolute atomic E-state index is 5.77. The zero-order chi connectivity index (χ0) is 10.5. The van der Waals surface area contributed by atoms with Gasteiger partial charge in [-0.25, -0.2) is 0 Å². The van der Waals surface area contributed by atoms with Crippen LogP contribution in [0.4, 0.5) is 0 Å². The second kappa shape index (κ2) is 4.69. The van der Waals surface area contributed by atoms with Crippen molar-refractivity contribution >= 4 is 0 Å². The zero-order valence-corrected chi connectivity index (χ0v) is 8.86. The first kappa shape index (κ1) is 9.84. The number of para-hydroxylation sites is 1. The fourth-order valence-electron chi connectivity index (χ4n) is 1.57. The van der Waals surface area contributed by atoms with Crippen molar-refractivity contribution in [1.29, 1.82) is 0 Å². The van der Waals surface area contributed by atoms with Crippen LogP contribution in [-0.2, 0) is 0 Å². The van der Waals surface area contributed by atoms with Crippen LogP contribution in [0.1, 0.15) is 12.8 Å². The van der Waals surface area contributed by atoms with E-state index in [1.165, 1.54) is 0 Å². The van der Waals surface area contributed by atoms with Crippen LogP contribution in [0.25, 0.3) is 0 Å². The maximum atomic E-state index is 5.77. The molecule has 0 heterocycles. The predicted octanol–water partition coefficient (Wildman–Crippen LogP) is 2.85. The Bertz CT molecular complexity index is 379. The molecule has 0 fully saturated rings. The third-order valence-corrected chi connectivity index (χ3v) is 2.35. The van der Waals surface area contributed by atoms with E-state index in [2.05, 4.69) is 17.5 Å². The minimum absolute atomic E-state index is 0.904. The lowest BCUT2D eigenvalue weighted by Crippen LogP contribution is -2.09. The minimum Gasteiger partial charge on any atom is -0.462 e. The largest absolute Gasteiger partial charge is 0.462 e. The molecule has 2 heteroatoms. The van der Waals surface area contributed by atoms with Gasteiger partial charge in [-0.1, -0.05) is 24.3 Å². The normalized spacial score (nSPS) is 15.3. The highest BCUT2D eigenvalue weighted by molar-refractivity contribution is 5.28. The summed E-state index contributed by atoms with van der Waals surface area (Å²) in [5.41, 5.74) is 1.13. The van der Waals surface area contributed by atoms with Crippen LogP contribution in [-0.4, -0.2) is 7.05 Å². The van der Waals surface area contributed by atoms with E-state index in [4.69, 9.17) is 4.74 Å². The molecule has 0 atom stereocenters. The van der Waals surface area contributed by atoms with E-state index in [0.717, 1.165) is 30.0 Å². The number of likely N-dealkylation sites (N-methyl/N-ethyl adjacent to an activating group) is 1. The van der Waals surface area contributed by atoms with Crippen molar-refractivity contribution in [2.24, 2.45) is 0 Å². The van der Waals surface area contributed by atoms with E-state index < -0.39 is 0 Å². The summed E-state index contributed by atoms with van der Waals surface area (Å²) in [6.45, 7) is 0. The molecule has 0 unspecified atom stereocenters. The van der Waals surface area contributed by atoms with Crippen molar-refractivity contribution in [1.82, 2.24) is 5.32 Å². The topological polar surface area (TPSA) is 21.3 Å². The SMILES string of the molecule is CNC1=CCCC(Oc2ccccc2)=C1. The van der Waals surface area contributed by atoms with E-state index in [0.29, 0.717) is 0 Å². The Labute approximate surface area is 90.3 Å². The van der Waals surface area contributed by atoms with Gasteiger partial charge in [-0.05, 0) is 24.6 Å². The molecule has 0 amide bonds. The van der Waals surface area contributed by atoms with Crippen LogP contribution in [0, 0.1) is 0 Å². The lowest BCUT2D eigenvalue weighted by atomic mass is 10.1. The lowest BCUT2D eigenvalue weighted by Gasteiger charge is -2.14. The Kier molecular flexibility index (Phi) is 3.08. The van der Waals surface area contributed by atoms with Gasteiger partial charge in [-0.15, -0.1) is 0 Å². The third-order valence-electron chi connectivity index (χ3n) is 2.35. The molecule has 0 aliphatic heterocycles. The first-order chi connectivity index (χ1) is 7.38. The number of nitrogens with one attached hydrogen (secondary N) is 1. The number of rotatable bonds is 3. The van der Waals surface area contributed by atoms with Crippen molar-refractivity contribution in [3.8, 4) is 5.75 Å². The number of hydrogen-bond acceptors (Lipinski definition) is 2. The predicted molar refractivity (Wildman–Crippen MR) is 61.5 cm³/mol. The van der Waals surface area contributed by atoms with Crippen LogP contribution in [0.5, 0.6) is 5.75 Å². The van der Waals surface area contributed by atoms with Gasteiger partial charge in [-0.2, -0.15) is 0 Å². The monoisotopic (exact) mass is 201 g/mol. The molecule has 0 spiro atoms. The molecule has 2 nitrogen and oxygen atoms in total. The van der Waals surface area contributed by atoms with Crippen LogP contribution >= 0.6 is 0 Å². The molecule has 15 heavy (non-hydrogen) atoms. The lowest BCUT2D eigenvalue weighted by molar-refractivity contribution is 0.401. The molecule has 0 radical (unpaired) electrons. The van der Waals surface area contributed by atoms with Crippen LogP contribution in [0.3, 0.4) is 0 Å². The highest BCUT2D eigenvalue weighted by atomic mass is 16.5. The first-order valence-corrected chi connectivity index (χ1v) is 5.20.